The van der Waals surface area contributed by atoms with Crippen molar-refractivity contribution < 1.29 is 9.53 Å². The van der Waals surface area contributed by atoms with Gasteiger partial charge in [-0.05, 0) is 87.2 Å². The molecule has 1 aromatic carbocycles. The molecule has 21 heavy (non-hydrogen) atoms. The van der Waals surface area contributed by atoms with Crippen molar-refractivity contribution in [1.82, 2.24) is 0 Å². The molecule has 112 valence electrons. The largest absolute Gasteiger partial charge is 0.463 e. The van der Waals surface area contributed by atoms with Gasteiger partial charge < -0.3 is 4.74 Å². The summed E-state index contributed by atoms with van der Waals surface area (Å²) in [6.07, 6.45) is 6.89. The first-order chi connectivity index (χ1) is 10.0. The van der Waals surface area contributed by atoms with Crippen LogP contribution in [0.1, 0.15) is 31.7 Å². The molecule has 4 heteroatoms. The molecule has 0 aliphatic heterocycles. The van der Waals surface area contributed by atoms with Crippen LogP contribution in [0, 0.1) is 5.92 Å². The highest BCUT2D eigenvalue weighted by atomic mass is 79.9. The van der Waals surface area contributed by atoms with Gasteiger partial charge in [-0.15, -0.1) is 0 Å². The second-order valence-electron chi connectivity index (χ2n) is 5.18. The monoisotopic (exact) mass is 412 g/mol. The van der Waals surface area contributed by atoms with E-state index in [1.165, 1.54) is 11.6 Å². The molecule has 0 amide bonds. The zero-order chi connectivity index (χ0) is 15.4. The molecule has 1 aliphatic rings. The van der Waals surface area contributed by atoms with Crippen LogP contribution in [0.15, 0.2) is 50.9 Å². The molecule has 1 aliphatic carbocycles. The predicted octanol–water partition coefficient (Wildman–Crippen LogP) is 5.38. The lowest BCUT2D eigenvalue weighted by Gasteiger charge is -2.01. The second kappa shape index (κ2) is 7.41. The van der Waals surface area contributed by atoms with Gasteiger partial charge in [0, 0.05) is 15.0 Å². The fourth-order valence-electron chi connectivity index (χ4n) is 2.25. The van der Waals surface area contributed by atoms with Gasteiger partial charge in [0.2, 0.25) is 0 Å². The van der Waals surface area contributed by atoms with E-state index in [-0.39, 0.29) is 5.97 Å². The van der Waals surface area contributed by atoms with Crippen molar-refractivity contribution in [1.29, 1.82) is 0 Å². The van der Waals surface area contributed by atoms with Crippen LogP contribution in [0.3, 0.4) is 0 Å². The Balaban J connectivity index is 1.93. The standard InChI is InChI=1S/C17H18Br2O2/c1-3-21-17(20)8-11(2)4-5-12-9-14(12)13-6-7-15(18)16(19)10-13/h4-8,10,12,14H,3,9H2,1-2H3/t12-,14-/m1/s1. The van der Waals surface area contributed by atoms with Crippen LogP contribution < -0.4 is 0 Å². The average Bonchev–Trinajstić information content (AvgIpc) is 3.19. The fraction of sp³-hybridized carbons (Fsp3) is 0.353. The lowest BCUT2D eigenvalue weighted by Crippen LogP contribution is -1.99. The Kier molecular flexibility index (Phi) is 5.82. The Morgan fingerprint density at radius 2 is 2.14 bits per heavy atom. The summed E-state index contributed by atoms with van der Waals surface area (Å²) < 4.78 is 7.06. The van der Waals surface area contributed by atoms with Crippen LogP contribution in [0.25, 0.3) is 0 Å². The molecule has 0 heterocycles. The predicted molar refractivity (Wildman–Crippen MR) is 92.2 cm³/mol. The van der Waals surface area contributed by atoms with Crippen LogP contribution >= 0.6 is 31.9 Å². The zero-order valence-corrected chi connectivity index (χ0v) is 15.3. The normalized spacial score (nSPS) is 21.6. The number of carbonyl (C=O) groups excluding carboxylic acids is 1. The lowest BCUT2D eigenvalue weighted by molar-refractivity contribution is -0.137. The van der Waals surface area contributed by atoms with Gasteiger partial charge in [0.05, 0.1) is 6.61 Å². The lowest BCUT2D eigenvalue weighted by atomic mass is 10.1. The van der Waals surface area contributed by atoms with E-state index in [0.29, 0.717) is 18.4 Å². The molecule has 0 N–H and O–H groups in total. The molecule has 2 rings (SSSR count). The van der Waals surface area contributed by atoms with E-state index in [9.17, 15) is 4.79 Å². The minimum Gasteiger partial charge on any atom is -0.463 e. The molecule has 0 unspecified atom stereocenters. The van der Waals surface area contributed by atoms with Gasteiger partial charge in [0.15, 0.2) is 0 Å². The Morgan fingerprint density at radius 1 is 1.38 bits per heavy atom. The third-order valence-electron chi connectivity index (χ3n) is 3.45. The SMILES string of the molecule is CCOC(=O)C=C(C)C=C[C@@H]1C[C@H]1c1ccc(Br)c(Br)c1. The maximum Gasteiger partial charge on any atom is 0.330 e. The van der Waals surface area contributed by atoms with Gasteiger partial charge in [-0.1, -0.05) is 18.2 Å². The molecule has 0 bridgehead atoms. The number of benzene rings is 1. The smallest absolute Gasteiger partial charge is 0.330 e. The minimum atomic E-state index is -0.274. The molecular weight excluding hydrogens is 396 g/mol. The summed E-state index contributed by atoms with van der Waals surface area (Å²) in [4.78, 5) is 11.3. The molecule has 0 radical (unpaired) electrons. The van der Waals surface area contributed by atoms with Crippen molar-refractivity contribution >= 4 is 37.8 Å². The van der Waals surface area contributed by atoms with Crippen molar-refractivity contribution in [2.45, 2.75) is 26.2 Å². The van der Waals surface area contributed by atoms with Crippen LogP contribution in [0.2, 0.25) is 0 Å². The molecule has 1 aromatic rings. The number of ether oxygens (including phenoxy) is 1. The Morgan fingerprint density at radius 3 is 2.81 bits per heavy atom. The number of carbonyl (C=O) groups is 1. The van der Waals surface area contributed by atoms with E-state index in [2.05, 4.69) is 56.1 Å². The van der Waals surface area contributed by atoms with Crippen LogP contribution in [0.4, 0.5) is 0 Å². The zero-order valence-electron chi connectivity index (χ0n) is 12.1. The van der Waals surface area contributed by atoms with Crippen molar-refractivity contribution in [3.05, 3.63) is 56.5 Å². The van der Waals surface area contributed by atoms with E-state index in [0.717, 1.165) is 20.9 Å². The maximum absolute atomic E-state index is 11.3. The summed E-state index contributed by atoms with van der Waals surface area (Å²) in [6.45, 7) is 4.14. The number of hydrogen-bond acceptors (Lipinski definition) is 2. The summed E-state index contributed by atoms with van der Waals surface area (Å²) in [7, 11) is 0. The van der Waals surface area contributed by atoms with E-state index < -0.39 is 0 Å². The average molecular weight is 414 g/mol. The summed E-state index contributed by atoms with van der Waals surface area (Å²) in [5.41, 5.74) is 2.28. The highest BCUT2D eigenvalue weighted by Crippen LogP contribution is 2.49. The number of halogens is 2. The number of hydrogen-bond donors (Lipinski definition) is 0. The van der Waals surface area contributed by atoms with Crippen LogP contribution in [0.5, 0.6) is 0 Å². The van der Waals surface area contributed by atoms with Crippen molar-refractivity contribution in [3.63, 3.8) is 0 Å². The minimum absolute atomic E-state index is 0.274. The number of rotatable bonds is 5. The molecule has 0 aromatic heterocycles. The quantitative estimate of drug-likeness (QED) is 0.368. The summed E-state index contributed by atoms with van der Waals surface area (Å²) in [5.74, 6) is 0.869. The van der Waals surface area contributed by atoms with Gasteiger partial charge in [-0.3, -0.25) is 0 Å². The Bertz CT molecular complexity index is 590. The van der Waals surface area contributed by atoms with E-state index in [4.69, 9.17) is 4.74 Å². The van der Waals surface area contributed by atoms with Crippen molar-refractivity contribution in [3.8, 4) is 0 Å². The van der Waals surface area contributed by atoms with Gasteiger partial charge in [0.25, 0.3) is 0 Å². The van der Waals surface area contributed by atoms with Crippen molar-refractivity contribution in [2.24, 2.45) is 5.92 Å². The summed E-state index contributed by atoms with van der Waals surface area (Å²) in [6, 6.07) is 6.41. The number of esters is 1. The first-order valence-corrected chi connectivity index (χ1v) is 8.58. The number of allylic oxidation sites excluding steroid dienone is 3. The third-order valence-corrected chi connectivity index (χ3v) is 5.33. The van der Waals surface area contributed by atoms with E-state index in [1.54, 1.807) is 0 Å². The van der Waals surface area contributed by atoms with Crippen LogP contribution in [-0.4, -0.2) is 12.6 Å². The summed E-state index contributed by atoms with van der Waals surface area (Å²) in [5, 5.41) is 0. The molecule has 0 saturated heterocycles. The molecule has 1 fully saturated rings. The fourth-order valence-corrected chi connectivity index (χ4v) is 2.89. The van der Waals surface area contributed by atoms with Crippen LogP contribution in [-0.2, 0) is 9.53 Å². The molecule has 2 nitrogen and oxygen atoms in total. The summed E-state index contributed by atoms with van der Waals surface area (Å²) >= 11 is 7.03. The van der Waals surface area contributed by atoms with Gasteiger partial charge in [0.1, 0.15) is 0 Å². The highest BCUT2D eigenvalue weighted by Gasteiger charge is 2.36. The molecule has 1 saturated carbocycles. The maximum atomic E-state index is 11.3. The topological polar surface area (TPSA) is 26.3 Å². The second-order valence-corrected chi connectivity index (χ2v) is 6.89. The molecule has 0 spiro atoms. The molecule has 2 atom stereocenters. The molecular formula is C17H18Br2O2. The van der Waals surface area contributed by atoms with Gasteiger partial charge >= 0.3 is 5.97 Å². The highest BCUT2D eigenvalue weighted by molar-refractivity contribution is 9.13. The first-order valence-electron chi connectivity index (χ1n) is 6.99. The Labute approximate surface area is 142 Å². The first kappa shape index (κ1) is 16.5. The van der Waals surface area contributed by atoms with Crippen molar-refractivity contribution in [2.75, 3.05) is 6.61 Å². The van der Waals surface area contributed by atoms with E-state index in [1.807, 2.05) is 19.9 Å². The Hall–Kier alpha value is -0.870. The van der Waals surface area contributed by atoms with Gasteiger partial charge in [-0.25, -0.2) is 4.79 Å². The van der Waals surface area contributed by atoms with Gasteiger partial charge in [-0.2, -0.15) is 0 Å². The van der Waals surface area contributed by atoms with E-state index >= 15 is 0 Å². The third kappa shape index (κ3) is 4.82.